The van der Waals surface area contributed by atoms with Gasteiger partial charge in [0.05, 0.1) is 6.10 Å². The van der Waals surface area contributed by atoms with E-state index < -0.39 is 6.10 Å². The second kappa shape index (κ2) is 4.01. The number of hydrogen-bond acceptors (Lipinski definition) is 2. The average molecular weight is 256 g/mol. The molecule has 2 nitrogen and oxygen atoms in total. The molecular weight excluding hydrogens is 242 g/mol. The first-order chi connectivity index (χ1) is 6.68. The van der Waals surface area contributed by atoms with E-state index in [1.54, 1.807) is 0 Å². The van der Waals surface area contributed by atoms with Crippen molar-refractivity contribution in [1.82, 2.24) is 0 Å². The Morgan fingerprint density at radius 2 is 2.21 bits per heavy atom. The van der Waals surface area contributed by atoms with Crippen LogP contribution in [0.25, 0.3) is 0 Å². The summed E-state index contributed by atoms with van der Waals surface area (Å²) < 4.78 is 1.00. The molecule has 14 heavy (non-hydrogen) atoms. The van der Waals surface area contributed by atoms with Crippen LogP contribution in [-0.4, -0.2) is 11.1 Å². The third kappa shape index (κ3) is 1.85. The van der Waals surface area contributed by atoms with Crippen LogP contribution in [0.2, 0.25) is 0 Å². The Kier molecular flexibility index (Phi) is 2.91. The predicted octanol–water partition coefficient (Wildman–Crippen LogP) is 2.15. The first-order valence-corrected chi connectivity index (χ1v) is 5.70. The number of aryl methyl sites for hydroxylation is 1. The molecule has 3 N–H and O–H groups in total. The van der Waals surface area contributed by atoms with Gasteiger partial charge in [-0.05, 0) is 42.5 Å². The minimum atomic E-state index is -0.509. The summed E-state index contributed by atoms with van der Waals surface area (Å²) in [4.78, 5) is 0. The molecule has 0 aromatic heterocycles. The summed E-state index contributed by atoms with van der Waals surface area (Å²) in [5.41, 5.74) is 8.10. The summed E-state index contributed by atoms with van der Waals surface area (Å²) in [6.07, 6.45) is 2.47. The van der Waals surface area contributed by atoms with Crippen molar-refractivity contribution in [2.24, 2.45) is 5.73 Å². The third-order valence-electron chi connectivity index (χ3n) is 2.82. The molecule has 2 atom stereocenters. The second-order valence-electron chi connectivity index (χ2n) is 3.84. The van der Waals surface area contributed by atoms with E-state index >= 15 is 0 Å². The number of fused-ring (bicyclic) bond motifs is 1. The Morgan fingerprint density at radius 1 is 1.43 bits per heavy atom. The summed E-state index contributed by atoms with van der Waals surface area (Å²) in [6, 6.07) is 5.94. The van der Waals surface area contributed by atoms with Gasteiger partial charge in [-0.3, -0.25) is 0 Å². The Labute approximate surface area is 92.3 Å². The van der Waals surface area contributed by atoms with Crippen molar-refractivity contribution in [3.8, 4) is 0 Å². The van der Waals surface area contributed by atoms with Gasteiger partial charge in [-0.15, -0.1) is 0 Å². The highest BCUT2D eigenvalue weighted by Crippen LogP contribution is 2.29. The highest BCUT2D eigenvalue weighted by atomic mass is 79.9. The normalized spacial score (nSPS) is 26.8. The summed E-state index contributed by atoms with van der Waals surface area (Å²) in [5.74, 6) is 0. The van der Waals surface area contributed by atoms with Crippen LogP contribution in [0.5, 0.6) is 0 Å². The van der Waals surface area contributed by atoms with Gasteiger partial charge in [0.15, 0.2) is 0 Å². The van der Waals surface area contributed by atoms with Crippen molar-refractivity contribution in [2.75, 3.05) is 0 Å². The van der Waals surface area contributed by atoms with Crippen LogP contribution in [0.3, 0.4) is 0 Å². The van der Waals surface area contributed by atoms with E-state index in [0.29, 0.717) is 0 Å². The first-order valence-electron chi connectivity index (χ1n) is 4.90. The Balaban J connectivity index is 2.44. The molecule has 0 amide bonds. The van der Waals surface area contributed by atoms with Gasteiger partial charge in [-0.25, -0.2) is 0 Å². The van der Waals surface area contributed by atoms with Crippen LogP contribution in [0.15, 0.2) is 22.7 Å². The van der Waals surface area contributed by atoms with E-state index in [4.69, 9.17) is 5.73 Å². The van der Waals surface area contributed by atoms with Crippen molar-refractivity contribution in [3.05, 3.63) is 33.8 Å². The van der Waals surface area contributed by atoms with Crippen LogP contribution in [0.1, 0.15) is 30.1 Å². The summed E-state index contributed by atoms with van der Waals surface area (Å²) in [7, 11) is 0. The molecule has 0 heterocycles. The lowest BCUT2D eigenvalue weighted by Gasteiger charge is -2.17. The van der Waals surface area contributed by atoms with Gasteiger partial charge in [-0.1, -0.05) is 22.0 Å². The van der Waals surface area contributed by atoms with E-state index in [1.807, 2.05) is 12.1 Å². The zero-order chi connectivity index (χ0) is 10.1. The largest absolute Gasteiger partial charge is 0.387 e. The fourth-order valence-corrected chi connectivity index (χ4v) is 2.36. The number of benzene rings is 1. The summed E-state index contributed by atoms with van der Waals surface area (Å²) in [6.45, 7) is 0. The fourth-order valence-electron chi connectivity index (χ4n) is 1.99. The van der Waals surface area contributed by atoms with Crippen LogP contribution in [-0.2, 0) is 6.42 Å². The van der Waals surface area contributed by atoms with E-state index in [2.05, 4.69) is 22.0 Å². The molecule has 1 aliphatic carbocycles. The lowest BCUT2D eigenvalue weighted by Crippen LogP contribution is -2.27. The molecule has 0 aliphatic heterocycles. The molecule has 0 fully saturated rings. The van der Waals surface area contributed by atoms with Gasteiger partial charge in [0, 0.05) is 10.5 Å². The number of aliphatic hydroxyl groups is 1. The molecule has 0 saturated carbocycles. The molecule has 2 rings (SSSR count). The number of halogens is 1. The molecule has 1 aromatic rings. The summed E-state index contributed by atoms with van der Waals surface area (Å²) in [5, 5.41) is 9.99. The quantitative estimate of drug-likeness (QED) is 0.698. The summed E-state index contributed by atoms with van der Waals surface area (Å²) >= 11 is 3.41. The van der Waals surface area contributed by atoms with Crippen molar-refractivity contribution in [1.29, 1.82) is 0 Å². The molecular formula is C11H14BrNO. The number of nitrogens with two attached hydrogens (primary N) is 1. The van der Waals surface area contributed by atoms with Crippen molar-refractivity contribution < 1.29 is 5.11 Å². The molecule has 0 unspecified atom stereocenters. The number of hydrogen-bond donors (Lipinski definition) is 2. The van der Waals surface area contributed by atoms with Gasteiger partial charge in [0.1, 0.15) is 0 Å². The highest BCUT2D eigenvalue weighted by molar-refractivity contribution is 9.10. The van der Waals surface area contributed by atoms with E-state index in [-0.39, 0.29) is 6.04 Å². The number of rotatable bonds is 0. The molecule has 1 aliphatic rings. The molecule has 0 radical (unpaired) electrons. The van der Waals surface area contributed by atoms with Gasteiger partial charge < -0.3 is 10.8 Å². The SMILES string of the molecule is N[C@H]1CCCc2ccc(Br)cc2[C@H]1O. The smallest absolute Gasteiger partial charge is 0.0943 e. The molecule has 0 spiro atoms. The average Bonchev–Trinajstić information content (AvgIpc) is 2.30. The molecule has 1 aromatic carbocycles. The lowest BCUT2D eigenvalue weighted by molar-refractivity contribution is 0.144. The maximum atomic E-state index is 9.99. The maximum Gasteiger partial charge on any atom is 0.0943 e. The maximum absolute atomic E-state index is 9.99. The fraction of sp³-hybridized carbons (Fsp3) is 0.455. The Morgan fingerprint density at radius 3 is 3.00 bits per heavy atom. The molecule has 3 heteroatoms. The van der Waals surface area contributed by atoms with Gasteiger partial charge in [-0.2, -0.15) is 0 Å². The third-order valence-corrected chi connectivity index (χ3v) is 3.31. The minimum Gasteiger partial charge on any atom is -0.387 e. The van der Waals surface area contributed by atoms with Crippen LogP contribution >= 0.6 is 15.9 Å². The lowest BCUT2D eigenvalue weighted by atomic mass is 9.99. The van der Waals surface area contributed by atoms with Crippen molar-refractivity contribution in [2.45, 2.75) is 31.4 Å². The molecule has 76 valence electrons. The zero-order valence-electron chi connectivity index (χ0n) is 7.91. The van der Waals surface area contributed by atoms with Crippen LogP contribution in [0, 0.1) is 0 Å². The predicted molar refractivity (Wildman–Crippen MR) is 60.0 cm³/mol. The molecule has 0 saturated heterocycles. The van der Waals surface area contributed by atoms with Crippen molar-refractivity contribution in [3.63, 3.8) is 0 Å². The minimum absolute atomic E-state index is 0.120. The highest BCUT2D eigenvalue weighted by Gasteiger charge is 2.22. The van der Waals surface area contributed by atoms with E-state index in [1.165, 1.54) is 5.56 Å². The molecule has 0 bridgehead atoms. The Bertz CT molecular complexity index is 340. The topological polar surface area (TPSA) is 46.2 Å². The first kappa shape index (κ1) is 10.1. The monoisotopic (exact) mass is 255 g/mol. The van der Waals surface area contributed by atoms with E-state index in [9.17, 15) is 5.11 Å². The van der Waals surface area contributed by atoms with Crippen LogP contribution in [0.4, 0.5) is 0 Å². The van der Waals surface area contributed by atoms with Gasteiger partial charge in [0.2, 0.25) is 0 Å². The van der Waals surface area contributed by atoms with Gasteiger partial charge in [0.25, 0.3) is 0 Å². The second-order valence-corrected chi connectivity index (χ2v) is 4.76. The van der Waals surface area contributed by atoms with Crippen LogP contribution < -0.4 is 5.73 Å². The number of aliphatic hydroxyl groups excluding tert-OH is 1. The van der Waals surface area contributed by atoms with E-state index in [0.717, 1.165) is 29.3 Å². The zero-order valence-corrected chi connectivity index (χ0v) is 9.50. The van der Waals surface area contributed by atoms with Crippen molar-refractivity contribution >= 4 is 15.9 Å². The Hall–Kier alpha value is -0.380. The van der Waals surface area contributed by atoms with Gasteiger partial charge >= 0.3 is 0 Å². The standard InChI is InChI=1S/C11H14BrNO/c12-8-5-4-7-2-1-3-10(13)11(14)9(7)6-8/h4-6,10-11,14H,1-3,13H2/t10-,11+/m0/s1.